The third-order valence-electron chi connectivity index (χ3n) is 6.51. The second-order valence-corrected chi connectivity index (χ2v) is 9.33. The van der Waals surface area contributed by atoms with Crippen LogP contribution in [0.3, 0.4) is 0 Å². The van der Waals surface area contributed by atoms with Crippen LogP contribution in [0.5, 0.6) is 0 Å². The van der Waals surface area contributed by atoms with Crippen molar-refractivity contribution in [1.82, 2.24) is 9.97 Å². The molecule has 0 aliphatic heterocycles. The molecule has 0 saturated heterocycles. The van der Waals surface area contributed by atoms with Gasteiger partial charge in [-0.1, -0.05) is 49.7 Å². The van der Waals surface area contributed by atoms with Crippen LogP contribution in [0.15, 0.2) is 85.2 Å². The van der Waals surface area contributed by atoms with Crippen LogP contribution < -0.4 is 4.90 Å². The van der Waals surface area contributed by atoms with Gasteiger partial charge in [-0.2, -0.15) is 0 Å². The molecule has 1 aliphatic carbocycles. The first kappa shape index (κ1) is 25.7. The minimum absolute atomic E-state index is 0. The molecule has 3 aromatic carbocycles. The van der Waals surface area contributed by atoms with Gasteiger partial charge in [0, 0.05) is 52.4 Å². The summed E-state index contributed by atoms with van der Waals surface area (Å²) in [5.74, 6) is -0.183. The molecule has 3 nitrogen and oxygen atoms in total. The molecular weight excluding hydrogens is 626 g/mol. The Hall–Kier alpha value is -3.40. The number of aromatic nitrogens is 2. The maximum Gasteiger partial charge on any atom is 0.0459 e. The van der Waals surface area contributed by atoms with Crippen molar-refractivity contribution in [1.29, 1.82) is 0 Å². The molecule has 36 heavy (non-hydrogen) atoms. The number of nitrogens with zero attached hydrogens (tertiary/aromatic N) is 3. The summed E-state index contributed by atoms with van der Waals surface area (Å²) in [7, 11) is 4.05. The topological polar surface area (TPSA) is 29.0 Å². The number of halogens is 1. The minimum atomic E-state index is -0.382. The predicted molar refractivity (Wildman–Crippen MR) is 141 cm³/mol. The summed E-state index contributed by atoms with van der Waals surface area (Å²) in [4.78, 5) is 10.9. The Balaban J connectivity index is 0.000000172. The average Bonchev–Trinajstić information content (AvgIpc) is 2.88. The zero-order chi connectivity index (χ0) is 24.6. The van der Waals surface area contributed by atoms with E-state index >= 15 is 0 Å². The van der Waals surface area contributed by atoms with E-state index < -0.39 is 0 Å². The molecule has 6 rings (SSSR count). The van der Waals surface area contributed by atoms with Gasteiger partial charge in [-0.25, -0.2) is 4.39 Å². The van der Waals surface area contributed by atoms with Crippen molar-refractivity contribution in [2.75, 3.05) is 19.0 Å². The van der Waals surface area contributed by atoms with Gasteiger partial charge in [0.2, 0.25) is 0 Å². The molecule has 0 fully saturated rings. The Bertz CT molecular complexity index is 1510. The molecular formula is C31H26FIrN3-2. The number of benzene rings is 3. The van der Waals surface area contributed by atoms with Gasteiger partial charge >= 0.3 is 0 Å². The van der Waals surface area contributed by atoms with E-state index in [0.29, 0.717) is 5.56 Å². The molecule has 0 N–H and O–H groups in total. The number of anilines is 1. The largest absolute Gasteiger partial charge is 0.394 e. The van der Waals surface area contributed by atoms with Gasteiger partial charge in [-0.05, 0) is 51.0 Å². The summed E-state index contributed by atoms with van der Waals surface area (Å²) in [6.45, 7) is 4.13. The number of fused-ring (bicyclic) bond motifs is 2. The van der Waals surface area contributed by atoms with E-state index in [4.69, 9.17) is 0 Å². The van der Waals surface area contributed by atoms with Gasteiger partial charge in [0.25, 0.3) is 0 Å². The summed E-state index contributed by atoms with van der Waals surface area (Å²) >= 11 is 0. The second kappa shape index (κ2) is 10.3. The van der Waals surface area contributed by atoms with E-state index in [2.05, 4.69) is 59.0 Å². The van der Waals surface area contributed by atoms with E-state index in [9.17, 15) is 4.39 Å². The van der Waals surface area contributed by atoms with Crippen molar-refractivity contribution in [3.63, 3.8) is 0 Å². The van der Waals surface area contributed by atoms with Crippen molar-refractivity contribution in [3.05, 3.63) is 114 Å². The monoisotopic (exact) mass is 652 g/mol. The van der Waals surface area contributed by atoms with Crippen LogP contribution >= 0.6 is 0 Å². The fraction of sp³-hybridized carbons (Fsp3) is 0.161. The summed E-state index contributed by atoms with van der Waals surface area (Å²) in [5, 5.41) is 2.26. The molecule has 5 heteroatoms. The van der Waals surface area contributed by atoms with Crippen LogP contribution in [-0.2, 0) is 25.5 Å². The summed E-state index contributed by atoms with van der Waals surface area (Å²) in [5.41, 5.74) is 6.22. The third-order valence-corrected chi connectivity index (χ3v) is 6.51. The first-order valence-corrected chi connectivity index (χ1v) is 11.6. The van der Waals surface area contributed by atoms with Gasteiger partial charge in [-0.3, -0.25) is 0 Å². The van der Waals surface area contributed by atoms with Crippen LogP contribution in [0.25, 0.3) is 33.3 Å². The standard InChI is InChI=1S/C18H13FN.C13H13N2.Ir/c1-18(2)13-7-3-5-11-9-10-20-17(15(11)13)12-6-4-8-14(19)16(12)18;1-15(2)12-7-5-6-11(10-12)13-8-3-4-9-14-13;/h3-5,7-10H,1-2H3;3-5,7-10H,1-2H3;/q2*-1;. The van der Waals surface area contributed by atoms with Crippen LogP contribution in [0.2, 0.25) is 0 Å². The molecule has 2 heterocycles. The summed E-state index contributed by atoms with van der Waals surface area (Å²) < 4.78 is 14.4. The molecule has 0 spiro atoms. The number of hydrogen-bond donors (Lipinski definition) is 0. The van der Waals surface area contributed by atoms with Gasteiger partial charge in [0.1, 0.15) is 0 Å². The number of pyridine rings is 2. The first-order chi connectivity index (χ1) is 16.9. The van der Waals surface area contributed by atoms with Crippen molar-refractivity contribution >= 4 is 16.5 Å². The van der Waals surface area contributed by atoms with Crippen LogP contribution in [0, 0.1) is 17.9 Å². The van der Waals surface area contributed by atoms with Gasteiger partial charge in [0.05, 0.1) is 0 Å². The van der Waals surface area contributed by atoms with Crippen LogP contribution in [0.1, 0.15) is 25.0 Å². The van der Waals surface area contributed by atoms with E-state index in [0.717, 1.165) is 44.5 Å². The van der Waals surface area contributed by atoms with E-state index in [1.54, 1.807) is 18.5 Å². The van der Waals surface area contributed by atoms with Crippen LogP contribution in [-0.4, -0.2) is 24.1 Å². The van der Waals surface area contributed by atoms with E-state index in [1.807, 2.05) is 56.6 Å². The second-order valence-electron chi connectivity index (χ2n) is 9.33. The summed E-state index contributed by atoms with van der Waals surface area (Å²) in [6, 6.07) is 29.6. The maximum absolute atomic E-state index is 14.4. The average molecular weight is 652 g/mol. The zero-order valence-electron chi connectivity index (χ0n) is 20.6. The van der Waals surface area contributed by atoms with Crippen LogP contribution in [0.4, 0.5) is 10.1 Å². The van der Waals surface area contributed by atoms with E-state index in [1.165, 1.54) is 6.07 Å². The Morgan fingerprint density at radius 1 is 0.861 bits per heavy atom. The fourth-order valence-corrected chi connectivity index (χ4v) is 4.75. The molecule has 183 valence electrons. The predicted octanol–water partition coefficient (Wildman–Crippen LogP) is 7.09. The third kappa shape index (κ3) is 4.57. The number of rotatable bonds is 2. The molecule has 0 unspecified atom stereocenters. The van der Waals surface area contributed by atoms with Crippen molar-refractivity contribution < 1.29 is 24.5 Å². The normalized spacial score (nSPS) is 12.6. The van der Waals surface area contributed by atoms with Crippen molar-refractivity contribution in [2.24, 2.45) is 0 Å². The van der Waals surface area contributed by atoms with Gasteiger partial charge < -0.3 is 14.9 Å². The van der Waals surface area contributed by atoms with E-state index in [-0.39, 0.29) is 31.3 Å². The number of hydrogen-bond acceptors (Lipinski definition) is 3. The molecule has 5 aromatic rings. The molecule has 0 atom stereocenters. The SMILES string of the molecule is CC1(C)c2c([c-]ccc2F)-c2nccc3cccc1c23.CN(C)c1cc[c-]c(-c2ccccn2)c1.[Ir]. The zero-order valence-corrected chi connectivity index (χ0v) is 23.0. The Kier molecular flexibility index (Phi) is 7.35. The molecule has 0 amide bonds. The maximum atomic E-state index is 14.4. The molecule has 1 aliphatic rings. The quantitative estimate of drug-likeness (QED) is 0.191. The van der Waals surface area contributed by atoms with Crippen molar-refractivity contribution in [2.45, 2.75) is 19.3 Å². The molecule has 0 bridgehead atoms. The first-order valence-electron chi connectivity index (χ1n) is 11.6. The molecule has 1 radical (unpaired) electrons. The smallest absolute Gasteiger partial charge is 0.0459 e. The Labute approximate surface area is 225 Å². The minimum Gasteiger partial charge on any atom is -0.394 e. The van der Waals surface area contributed by atoms with Gasteiger partial charge in [-0.15, -0.1) is 53.6 Å². The van der Waals surface area contributed by atoms with Gasteiger partial charge in [0.15, 0.2) is 0 Å². The summed E-state index contributed by atoms with van der Waals surface area (Å²) in [6.07, 6.45) is 3.58. The Morgan fingerprint density at radius 3 is 2.42 bits per heavy atom. The molecule has 2 aromatic heterocycles. The Morgan fingerprint density at radius 2 is 1.67 bits per heavy atom. The van der Waals surface area contributed by atoms with Crippen molar-refractivity contribution in [3.8, 4) is 22.5 Å². The fourth-order valence-electron chi connectivity index (χ4n) is 4.75. The molecule has 0 saturated carbocycles.